The normalized spacial score (nSPS) is 17.8. The summed E-state index contributed by atoms with van der Waals surface area (Å²) in [7, 11) is 2.03. The van der Waals surface area contributed by atoms with E-state index in [0.29, 0.717) is 0 Å². The highest BCUT2D eigenvalue weighted by atomic mass is 16.2. The molecule has 0 radical (unpaired) electrons. The number of pyridine rings is 1. The van der Waals surface area contributed by atoms with Crippen LogP contribution in [0.15, 0.2) is 48.7 Å². The number of hydrogen-bond acceptors (Lipinski definition) is 3. The van der Waals surface area contributed by atoms with Crippen LogP contribution >= 0.6 is 0 Å². The monoisotopic (exact) mass is 309 g/mol. The highest BCUT2D eigenvalue weighted by Crippen LogP contribution is 2.36. The molecule has 4 nitrogen and oxygen atoms in total. The highest BCUT2D eigenvalue weighted by molar-refractivity contribution is 5.74. The van der Waals surface area contributed by atoms with Crippen LogP contribution in [0.1, 0.15) is 37.8 Å². The van der Waals surface area contributed by atoms with E-state index in [0.717, 1.165) is 42.9 Å². The first-order valence-electron chi connectivity index (χ1n) is 8.19. The molecule has 4 heteroatoms. The van der Waals surface area contributed by atoms with Gasteiger partial charge in [-0.15, -0.1) is 0 Å². The second kappa shape index (κ2) is 6.82. The summed E-state index contributed by atoms with van der Waals surface area (Å²) >= 11 is 0. The molecule has 1 fully saturated rings. The van der Waals surface area contributed by atoms with E-state index < -0.39 is 0 Å². The maximum absolute atomic E-state index is 12.0. The number of carbonyl (C=O) groups is 1. The van der Waals surface area contributed by atoms with E-state index in [1.54, 1.807) is 6.92 Å². The van der Waals surface area contributed by atoms with E-state index in [9.17, 15) is 4.79 Å². The van der Waals surface area contributed by atoms with Gasteiger partial charge in [0.25, 0.3) is 0 Å². The molecule has 0 N–H and O–H groups in total. The quantitative estimate of drug-likeness (QED) is 0.862. The van der Waals surface area contributed by atoms with Crippen LogP contribution in [-0.2, 0) is 4.79 Å². The minimum Gasteiger partial charge on any atom is -0.336 e. The molecule has 1 atom stereocenters. The summed E-state index contributed by atoms with van der Waals surface area (Å²) in [5.74, 6) is 1.07. The van der Waals surface area contributed by atoms with Crippen LogP contribution in [0.2, 0.25) is 0 Å². The van der Waals surface area contributed by atoms with Crippen molar-refractivity contribution >= 4 is 17.4 Å². The SMILES string of the molecule is CC(=O)N1CCCC[C@@H]1c1cccnc1N(C)c1ccccc1. The summed E-state index contributed by atoms with van der Waals surface area (Å²) < 4.78 is 0. The first-order chi connectivity index (χ1) is 11.2. The molecule has 2 aromatic rings. The maximum Gasteiger partial charge on any atom is 0.219 e. The molecule has 2 heterocycles. The number of likely N-dealkylation sites (tertiary alicyclic amines) is 1. The summed E-state index contributed by atoms with van der Waals surface area (Å²) in [6.45, 7) is 2.50. The van der Waals surface area contributed by atoms with Crippen LogP contribution in [0.4, 0.5) is 11.5 Å². The summed E-state index contributed by atoms with van der Waals surface area (Å²) in [4.78, 5) is 20.7. The first kappa shape index (κ1) is 15.5. The number of piperidine rings is 1. The molecule has 1 amide bonds. The number of benzene rings is 1. The lowest BCUT2D eigenvalue weighted by Gasteiger charge is -2.37. The van der Waals surface area contributed by atoms with Crippen LogP contribution in [0.3, 0.4) is 0 Å². The number of anilines is 2. The molecule has 1 aliphatic heterocycles. The average Bonchev–Trinajstić information content (AvgIpc) is 2.62. The number of hydrogen-bond donors (Lipinski definition) is 0. The van der Waals surface area contributed by atoms with E-state index >= 15 is 0 Å². The molecule has 1 aromatic carbocycles. The van der Waals surface area contributed by atoms with Crippen molar-refractivity contribution in [3.8, 4) is 0 Å². The van der Waals surface area contributed by atoms with Crippen molar-refractivity contribution in [2.45, 2.75) is 32.2 Å². The van der Waals surface area contributed by atoms with Gasteiger partial charge in [-0.3, -0.25) is 4.79 Å². The van der Waals surface area contributed by atoms with E-state index in [1.165, 1.54) is 0 Å². The molecule has 0 spiro atoms. The summed E-state index contributed by atoms with van der Waals surface area (Å²) in [5, 5.41) is 0. The third kappa shape index (κ3) is 3.21. The van der Waals surface area contributed by atoms with E-state index in [1.807, 2.05) is 42.4 Å². The van der Waals surface area contributed by atoms with Gasteiger partial charge in [0.1, 0.15) is 5.82 Å². The molecular weight excluding hydrogens is 286 g/mol. The average molecular weight is 309 g/mol. The Morgan fingerprint density at radius 2 is 1.96 bits per heavy atom. The predicted molar refractivity (Wildman–Crippen MR) is 92.7 cm³/mol. The number of para-hydroxylation sites is 1. The second-order valence-electron chi connectivity index (χ2n) is 6.03. The van der Waals surface area contributed by atoms with Gasteiger partial charge in [0.2, 0.25) is 5.91 Å². The Morgan fingerprint density at radius 3 is 2.70 bits per heavy atom. The third-order valence-corrected chi connectivity index (χ3v) is 4.54. The largest absolute Gasteiger partial charge is 0.336 e. The topological polar surface area (TPSA) is 36.4 Å². The zero-order valence-electron chi connectivity index (χ0n) is 13.8. The van der Waals surface area contributed by atoms with E-state index in [2.05, 4.69) is 28.1 Å². The molecule has 120 valence electrons. The van der Waals surface area contributed by atoms with Crippen LogP contribution in [0.5, 0.6) is 0 Å². The standard InChI is InChI=1S/C19H23N3O/c1-15(23)22-14-7-6-12-18(22)17-11-8-13-20-19(17)21(2)16-9-4-3-5-10-16/h3-5,8-11,13,18H,6-7,12,14H2,1-2H3/t18-/m1/s1. The highest BCUT2D eigenvalue weighted by Gasteiger charge is 2.29. The maximum atomic E-state index is 12.0. The zero-order chi connectivity index (χ0) is 16.2. The smallest absolute Gasteiger partial charge is 0.219 e. The van der Waals surface area contributed by atoms with Crippen molar-refractivity contribution in [3.63, 3.8) is 0 Å². The van der Waals surface area contributed by atoms with Crippen molar-refractivity contribution in [2.24, 2.45) is 0 Å². The molecule has 1 aliphatic rings. The molecule has 0 unspecified atom stereocenters. The Bertz CT molecular complexity index is 671. The lowest BCUT2D eigenvalue weighted by Crippen LogP contribution is -2.37. The van der Waals surface area contributed by atoms with E-state index in [4.69, 9.17) is 0 Å². The van der Waals surface area contributed by atoms with Gasteiger partial charge in [-0.2, -0.15) is 0 Å². The number of nitrogens with zero attached hydrogens (tertiary/aromatic N) is 3. The molecule has 1 aromatic heterocycles. The molecular formula is C19H23N3O. The molecule has 0 aliphatic carbocycles. The van der Waals surface area contributed by atoms with Gasteiger partial charge in [-0.05, 0) is 37.5 Å². The molecule has 0 saturated carbocycles. The molecule has 23 heavy (non-hydrogen) atoms. The minimum atomic E-state index is 0.121. The Balaban J connectivity index is 1.99. The second-order valence-corrected chi connectivity index (χ2v) is 6.03. The fourth-order valence-electron chi connectivity index (χ4n) is 3.36. The summed E-state index contributed by atoms with van der Waals surface area (Å²) in [5.41, 5.74) is 2.23. The van der Waals surface area contributed by atoms with Gasteiger partial charge in [0.05, 0.1) is 6.04 Å². The van der Waals surface area contributed by atoms with Gasteiger partial charge < -0.3 is 9.80 Å². The number of carbonyl (C=O) groups excluding carboxylic acids is 1. The fraction of sp³-hybridized carbons (Fsp3) is 0.368. The fourth-order valence-corrected chi connectivity index (χ4v) is 3.36. The van der Waals surface area contributed by atoms with Gasteiger partial charge in [-0.25, -0.2) is 4.98 Å². The minimum absolute atomic E-state index is 0.121. The van der Waals surface area contributed by atoms with Crippen molar-refractivity contribution in [3.05, 3.63) is 54.2 Å². The Morgan fingerprint density at radius 1 is 1.17 bits per heavy atom. The zero-order valence-corrected chi connectivity index (χ0v) is 13.8. The number of amides is 1. The van der Waals surface area contributed by atoms with Gasteiger partial charge in [0.15, 0.2) is 0 Å². The van der Waals surface area contributed by atoms with Gasteiger partial charge >= 0.3 is 0 Å². The van der Waals surface area contributed by atoms with Crippen molar-refractivity contribution in [1.82, 2.24) is 9.88 Å². The first-order valence-corrected chi connectivity index (χ1v) is 8.19. The summed E-state index contributed by atoms with van der Waals surface area (Å²) in [6, 6.07) is 14.4. The Kier molecular flexibility index (Phi) is 4.60. The summed E-state index contributed by atoms with van der Waals surface area (Å²) in [6.07, 6.45) is 5.05. The van der Waals surface area contributed by atoms with Crippen molar-refractivity contribution in [1.29, 1.82) is 0 Å². The number of aromatic nitrogens is 1. The van der Waals surface area contributed by atoms with Crippen LogP contribution < -0.4 is 4.90 Å². The van der Waals surface area contributed by atoms with Crippen LogP contribution in [-0.4, -0.2) is 29.4 Å². The van der Waals surface area contributed by atoms with Gasteiger partial charge in [-0.1, -0.05) is 24.3 Å². The Labute approximate surface area is 137 Å². The lowest BCUT2D eigenvalue weighted by atomic mass is 9.95. The molecule has 0 bridgehead atoms. The van der Waals surface area contributed by atoms with Crippen molar-refractivity contribution < 1.29 is 4.79 Å². The van der Waals surface area contributed by atoms with E-state index in [-0.39, 0.29) is 11.9 Å². The Hall–Kier alpha value is -2.36. The molecule has 3 rings (SSSR count). The molecule has 1 saturated heterocycles. The van der Waals surface area contributed by atoms with Gasteiger partial charge in [0, 0.05) is 38.0 Å². The van der Waals surface area contributed by atoms with Crippen LogP contribution in [0, 0.1) is 0 Å². The van der Waals surface area contributed by atoms with Crippen LogP contribution in [0.25, 0.3) is 0 Å². The lowest BCUT2D eigenvalue weighted by molar-refractivity contribution is -0.132. The van der Waals surface area contributed by atoms with Crippen molar-refractivity contribution in [2.75, 3.05) is 18.5 Å². The third-order valence-electron chi connectivity index (χ3n) is 4.54. The predicted octanol–water partition coefficient (Wildman–Crippen LogP) is 3.92. The number of rotatable bonds is 3.